The molecule has 1 amide bonds. The van der Waals surface area contributed by atoms with Gasteiger partial charge in [0.2, 0.25) is 0 Å². The quantitative estimate of drug-likeness (QED) is 0.624. The number of amides is 1. The Balaban J connectivity index is 2.06. The molecule has 0 radical (unpaired) electrons. The van der Waals surface area contributed by atoms with E-state index in [1.807, 2.05) is 6.07 Å². The molecule has 26 heavy (non-hydrogen) atoms. The second-order valence-corrected chi connectivity index (χ2v) is 7.42. The molecule has 1 saturated carbocycles. The van der Waals surface area contributed by atoms with Crippen LogP contribution in [-0.2, 0) is 4.74 Å². The average Bonchev–Trinajstić information content (AvgIpc) is 2.53. The Morgan fingerprint density at radius 3 is 2.65 bits per heavy atom. The van der Waals surface area contributed by atoms with E-state index < -0.39 is 16.6 Å². The Hall–Kier alpha value is -2.82. The topological polar surface area (TPSA) is 117 Å². The fourth-order valence-corrected chi connectivity index (χ4v) is 3.07. The van der Waals surface area contributed by atoms with E-state index in [4.69, 9.17) is 4.74 Å². The van der Waals surface area contributed by atoms with Crippen LogP contribution >= 0.6 is 0 Å². The van der Waals surface area contributed by atoms with Crippen molar-refractivity contribution in [2.75, 3.05) is 5.32 Å². The summed E-state index contributed by atoms with van der Waals surface area (Å²) < 4.78 is 5.28. The Morgan fingerprint density at radius 1 is 1.35 bits per heavy atom. The van der Waals surface area contributed by atoms with Crippen LogP contribution in [0.1, 0.15) is 52.0 Å². The van der Waals surface area contributed by atoms with Crippen molar-refractivity contribution >= 4 is 17.5 Å². The third-order valence-corrected chi connectivity index (χ3v) is 4.10. The Bertz CT molecular complexity index is 721. The average molecular weight is 360 g/mol. The molecule has 2 atom stereocenters. The SMILES string of the molecule is CC(C)(C)OC(=O)N[C@@H]1CCC[C@H](Nc2c(C#N)cccc2[N+](=O)[O-])C1. The van der Waals surface area contributed by atoms with Crippen molar-refractivity contribution < 1.29 is 14.5 Å². The van der Waals surface area contributed by atoms with E-state index in [0.717, 1.165) is 19.3 Å². The van der Waals surface area contributed by atoms with E-state index in [2.05, 4.69) is 10.6 Å². The molecule has 0 aromatic heterocycles. The highest BCUT2D eigenvalue weighted by atomic mass is 16.6. The number of nitro groups is 1. The third-order valence-electron chi connectivity index (χ3n) is 4.10. The molecule has 0 aliphatic heterocycles. The summed E-state index contributed by atoms with van der Waals surface area (Å²) in [5.41, 5.74) is -0.210. The first-order chi connectivity index (χ1) is 12.2. The molecule has 1 fully saturated rings. The van der Waals surface area contributed by atoms with Crippen LogP contribution in [0.5, 0.6) is 0 Å². The van der Waals surface area contributed by atoms with Gasteiger partial charge in [-0.05, 0) is 52.5 Å². The number of nitriles is 1. The van der Waals surface area contributed by atoms with Gasteiger partial charge in [0.25, 0.3) is 5.69 Å². The van der Waals surface area contributed by atoms with Gasteiger partial charge < -0.3 is 15.4 Å². The number of anilines is 1. The monoisotopic (exact) mass is 360 g/mol. The zero-order valence-corrected chi connectivity index (χ0v) is 15.2. The fourth-order valence-electron chi connectivity index (χ4n) is 3.07. The minimum Gasteiger partial charge on any atom is -0.444 e. The van der Waals surface area contributed by atoms with Crippen LogP contribution in [0, 0.1) is 21.4 Å². The van der Waals surface area contributed by atoms with Gasteiger partial charge in [0.1, 0.15) is 17.4 Å². The van der Waals surface area contributed by atoms with Crippen molar-refractivity contribution in [1.82, 2.24) is 5.32 Å². The molecule has 8 nitrogen and oxygen atoms in total. The molecule has 1 aliphatic rings. The van der Waals surface area contributed by atoms with Crippen LogP contribution in [0.2, 0.25) is 0 Å². The Morgan fingerprint density at radius 2 is 2.04 bits per heavy atom. The summed E-state index contributed by atoms with van der Waals surface area (Å²) in [6, 6.07) is 6.26. The summed E-state index contributed by atoms with van der Waals surface area (Å²) in [5, 5.41) is 26.5. The van der Waals surface area contributed by atoms with Crippen molar-refractivity contribution in [2.45, 2.75) is 64.1 Å². The van der Waals surface area contributed by atoms with Crippen LogP contribution in [0.3, 0.4) is 0 Å². The fraction of sp³-hybridized carbons (Fsp3) is 0.556. The number of carbonyl (C=O) groups is 1. The van der Waals surface area contributed by atoms with Crippen LogP contribution in [0.25, 0.3) is 0 Å². The maximum absolute atomic E-state index is 11.9. The maximum atomic E-state index is 11.9. The van der Waals surface area contributed by atoms with E-state index in [-0.39, 0.29) is 29.0 Å². The molecule has 0 bridgehead atoms. The lowest BCUT2D eigenvalue weighted by atomic mass is 9.90. The van der Waals surface area contributed by atoms with Gasteiger partial charge in [-0.3, -0.25) is 10.1 Å². The lowest BCUT2D eigenvalue weighted by molar-refractivity contribution is -0.384. The zero-order chi connectivity index (χ0) is 19.3. The predicted molar refractivity (Wildman–Crippen MR) is 96.8 cm³/mol. The largest absolute Gasteiger partial charge is 0.444 e. The molecule has 2 rings (SSSR count). The van der Waals surface area contributed by atoms with Gasteiger partial charge in [-0.25, -0.2) is 4.79 Å². The smallest absolute Gasteiger partial charge is 0.407 e. The molecule has 1 aromatic rings. The van der Waals surface area contributed by atoms with Gasteiger partial charge in [0.15, 0.2) is 0 Å². The number of nitrogens with one attached hydrogen (secondary N) is 2. The molecule has 0 unspecified atom stereocenters. The summed E-state index contributed by atoms with van der Waals surface area (Å²) in [4.78, 5) is 22.7. The first-order valence-corrected chi connectivity index (χ1v) is 8.63. The zero-order valence-electron chi connectivity index (χ0n) is 15.2. The van der Waals surface area contributed by atoms with Gasteiger partial charge in [-0.15, -0.1) is 0 Å². The van der Waals surface area contributed by atoms with Gasteiger partial charge in [0.05, 0.1) is 10.5 Å². The number of nitro benzene ring substituents is 1. The molecule has 0 saturated heterocycles. The lowest BCUT2D eigenvalue weighted by Crippen LogP contribution is -2.44. The third kappa shape index (κ3) is 5.34. The number of hydrogen-bond acceptors (Lipinski definition) is 6. The van der Waals surface area contributed by atoms with E-state index in [1.165, 1.54) is 12.1 Å². The van der Waals surface area contributed by atoms with Crippen molar-refractivity contribution in [2.24, 2.45) is 0 Å². The van der Waals surface area contributed by atoms with E-state index in [9.17, 15) is 20.2 Å². The van der Waals surface area contributed by atoms with Gasteiger partial charge in [-0.2, -0.15) is 5.26 Å². The second-order valence-electron chi connectivity index (χ2n) is 7.42. The number of alkyl carbamates (subject to hydrolysis) is 1. The molecule has 1 aromatic carbocycles. The molecular formula is C18H24N4O4. The summed E-state index contributed by atoms with van der Waals surface area (Å²) in [7, 11) is 0. The number of ether oxygens (including phenoxy) is 1. The molecular weight excluding hydrogens is 336 g/mol. The minimum atomic E-state index is -0.567. The highest BCUT2D eigenvalue weighted by Crippen LogP contribution is 2.31. The molecule has 0 spiro atoms. The highest BCUT2D eigenvalue weighted by Gasteiger charge is 2.28. The Kier molecular flexibility index (Phi) is 6.03. The van der Waals surface area contributed by atoms with Crippen LogP contribution < -0.4 is 10.6 Å². The van der Waals surface area contributed by atoms with Crippen molar-refractivity contribution in [3.63, 3.8) is 0 Å². The van der Waals surface area contributed by atoms with Gasteiger partial charge in [-0.1, -0.05) is 6.07 Å². The standard InChI is InChI=1S/C18H24N4O4/c1-18(2,3)26-17(23)21-14-8-5-7-13(10-14)20-16-12(11-19)6-4-9-15(16)22(24)25/h4,6,9,13-14,20H,5,7-8,10H2,1-3H3,(H,21,23)/t13-,14+/m0/s1. The number of carbonyl (C=O) groups excluding carboxylic acids is 1. The van der Waals surface area contributed by atoms with E-state index in [1.54, 1.807) is 26.8 Å². The van der Waals surface area contributed by atoms with Crippen molar-refractivity contribution in [1.29, 1.82) is 5.26 Å². The summed E-state index contributed by atoms with van der Waals surface area (Å²) in [6.45, 7) is 5.40. The molecule has 8 heteroatoms. The number of para-hydroxylation sites is 1. The first kappa shape index (κ1) is 19.5. The number of benzene rings is 1. The highest BCUT2D eigenvalue weighted by molar-refractivity contribution is 5.70. The normalized spacial score (nSPS) is 19.9. The van der Waals surface area contributed by atoms with Gasteiger partial charge >= 0.3 is 6.09 Å². The summed E-state index contributed by atoms with van der Waals surface area (Å²) in [5.74, 6) is 0. The summed E-state index contributed by atoms with van der Waals surface area (Å²) in [6.07, 6.45) is 2.63. The summed E-state index contributed by atoms with van der Waals surface area (Å²) >= 11 is 0. The number of rotatable bonds is 4. The van der Waals surface area contributed by atoms with Gasteiger partial charge in [0, 0.05) is 18.2 Å². The van der Waals surface area contributed by atoms with Crippen LogP contribution in [-0.4, -0.2) is 28.7 Å². The molecule has 140 valence electrons. The molecule has 0 heterocycles. The molecule has 2 N–H and O–H groups in total. The Labute approximate surface area is 152 Å². The minimum absolute atomic E-state index is 0.0723. The molecule has 1 aliphatic carbocycles. The van der Waals surface area contributed by atoms with Crippen molar-refractivity contribution in [3.05, 3.63) is 33.9 Å². The van der Waals surface area contributed by atoms with E-state index >= 15 is 0 Å². The van der Waals surface area contributed by atoms with Crippen molar-refractivity contribution in [3.8, 4) is 6.07 Å². The van der Waals surface area contributed by atoms with Crippen LogP contribution in [0.15, 0.2) is 18.2 Å². The number of hydrogen-bond donors (Lipinski definition) is 2. The van der Waals surface area contributed by atoms with E-state index in [0.29, 0.717) is 6.42 Å². The lowest BCUT2D eigenvalue weighted by Gasteiger charge is -2.31. The predicted octanol–water partition coefficient (Wildman–Crippen LogP) is 3.71. The maximum Gasteiger partial charge on any atom is 0.407 e. The number of nitrogens with zero attached hydrogens (tertiary/aromatic N) is 2. The first-order valence-electron chi connectivity index (χ1n) is 8.63. The van der Waals surface area contributed by atoms with Crippen LogP contribution in [0.4, 0.5) is 16.2 Å². The second kappa shape index (κ2) is 8.04.